The van der Waals surface area contributed by atoms with Crippen molar-refractivity contribution in [1.29, 1.82) is 0 Å². The van der Waals surface area contributed by atoms with E-state index < -0.39 is 34.1 Å². The zero-order chi connectivity index (χ0) is 30.4. The van der Waals surface area contributed by atoms with Gasteiger partial charge in [0.25, 0.3) is 10.0 Å². The van der Waals surface area contributed by atoms with Gasteiger partial charge >= 0.3 is 0 Å². The molecule has 2 amide bonds. The number of sulfonamides is 1. The Labute approximate surface area is 244 Å². The van der Waals surface area contributed by atoms with Crippen LogP contribution in [0.1, 0.15) is 50.8 Å². The molecule has 0 spiro atoms. The van der Waals surface area contributed by atoms with Gasteiger partial charge in [0, 0.05) is 12.1 Å². The van der Waals surface area contributed by atoms with Crippen LogP contribution in [0.5, 0.6) is 5.75 Å². The van der Waals surface area contributed by atoms with Crippen molar-refractivity contribution in [3.05, 3.63) is 89.5 Å². The molecule has 1 N–H and O–H groups in total. The molecule has 9 heteroatoms. The monoisotopic (exact) mass is 579 g/mol. The minimum Gasteiger partial charge on any atom is -0.495 e. The highest BCUT2D eigenvalue weighted by Crippen LogP contribution is 2.34. The van der Waals surface area contributed by atoms with Gasteiger partial charge in [-0.05, 0) is 76.4 Å². The second-order valence-electron chi connectivity index (χ2n) is 11.2. The van der Waals surface area contributed by atoms with Gasteiger partial charge in [0.15, 0.2) is 0 Å². The number of nitrogens with zero attached hydrogens (tertiary/aromatic N) is 2. The number of nitrogens with one attached hydrogen (secondary N) is 1. The highest BCUT2D eigenvalue weighted by Gasteiger charge is 2.35. The topological polar surface area (TPSA) is 96.0 Å². The third kappa shape index (κ3) is 8.10. The number of aryl methyl sites for hydroxylation is 2. The molecule has 1 unspecified atom stereocenters. The minimum absolute atomic E-state index is 0.0478. The summed E-state index contributed by atoms with van der Waals surface area (Å²) in [5.74, 6) is -0.499. The molecule has 1 atom stereocenters. The van der Waals surface area contributed by atoms with Crippen LogP contribution in [-0.4, -0.2) is 50.4 Å². The number of carbonyl (C=O) groups is 2. The average molecular weight is 580 g/mol. The molecule has 0 saturated carbocycles. The third-order valence-corrected chi connectivity index (χ3v) is 8.34. The number of benzene rings is 3. The maximum absolute atomic E-state index is 14.2. The molecule has 0 fully saturated rings. The SMILES string of the molecule is CCC(C(=O)NC(C)(C)C)N(Cc1ccccc1)C(=O)CN(c1cc(C)ccc1OC)S(=O)(=O)c1ccc(C)cc1. The number of ether oxygens (including phenoxy) is 1. The maximum atomic E-state index is 14.2. The molecule has 3 aromatic carbocycles. The fourth-order valence-corrected chi connectivity index (χ4v) is 5.91. The van der Waals surface area contributed by atoms with Crippen LogP contribution in [0, 0.1) is 13.8 Å². The lowest BCUT2D eigenvalue weighted by Crippen LogP contribution is -2.55. The molecule has 3 rings (SSSR count). The van der Waals surface area contributed by atoms with Gasteiger partial charge in [-0.15, -0.1) is 0 Å². The Morgan fingerprint density at radius 3 is 2.10 bits per heavy atom. The van der Waals surface area contributed by atoms with Crippen molar-refractivity contribution in [2.24, 2.45) is 0 Å². The van der Waals surface area contributed by atoms with Crippen molar-refractivity contribution < 1.29 is 22.7 Å². The Hall–Kier alpha value is -3.85. The van der Waals surface area contributed by atoms with Crippen LogP contribution in [0.15, 0.2) is 77.7 Å². The van der Waals surface area contributed by atoms with E-state index in [-0.39, 0.29) is 23.0 Å². The molecular weight excluding hydrogens is 538 g/mol. The summed E-state index contributed by atoms with van der Waals surface area (Å²) < 4.78 is 34.9. The summed E-state index contributed by atoms with van der Waals surface area (Å²) in [7, 11) is -2.74. The van der Waals surface area contributed by atoms with Crippen LogP contribution in [0.2, 0.25) is 0 Å². The first-order chi connectivity index (χ1) is 19.3. The fraction of sp³-hybridized carbons (Fsp3) is 0.375. The van der Waals surface area contributed by atoms with Crippen LogP contribution in [-0.2, 0) is 26.2 Å². The van der Waals surface area contributed by atoms with Crippen molar-refractivity contribution in [1.82, 2.24) is 10.2 Å². The molecule has 41 heavy (non-hydrogen) atoms. The van der Waals surface area contributed by atoms with Gasteiger partial charge in [-0.25, -0.2) is 8.42 Å². The van der Waals surface area contributed by atoms with E-state index in [0.717, 1.165) is 21.0 Å². The first-order valence-electron chi connectivity index (χ1n) is 13.7. The van der Waals surface area contributed by atoms with Crippen LogP contribution in [0.25, 0.3) is 0 Å². The van der Waals surface area contributed by atoms with E-state index in [9.17, 15) is 18.0 Å². The summed E-state index contributed by atoms with van der Waals surface area (Å²) in [4.78, 5) is 29.2. The molecule has 0 aliphatic carbocycles. The Balaban J connectivity index is 2.13. The van der Waals surface area contributed by atoms with Gasteiger partial charge in [0.1, 0.15) is 18.3 Å². The van der Waals surface area contributed by atoms with Gasteiger partial charge in [0.05, 0.1) is 17.7 Å². The Kier molecular flexibility index (Phi) is 10.2. The first-order valence-corrected chi connectivity index (χ1v) is 15.1. The highest BCUT2D eigenvalue weighted by atomic mass is 32.2. The third-order valence-electron chi connectivity index (χ3n) is 6.57. The van der Waals surface area contributed by atoms with Crippen LogP contribution < -0.4 is 14.4 Å². The highest BCUT2D eigenvalue weighted by molar-refractivity contribution is 7.92. The molecule has 0 bridgehead atoms. The van der Waals surface area contributed by atoms with Gasteiger partial charge < -0.3 is 15.0 Å². The normalized spacial score (nSPS) is 12.4. The number of anilines is 1. The summed E-state index contributed by atoms with van der Waals surface area (Å²) in [5.41, 5.74) is 2.26. The smallest absolute Gasteiger partial charge is 0.264 e. The summed E-state index contributed by atoms with van der Waals surface area (Å²) in [5, 5.41) is 2.98. The quantitative estimate of drug-likeness (QED) is 0.336. The van der Waals surface area contributed by atoms with Crippen molar-refractivity contribution in [2.75, 3.05) is 18.0 Å². The van der Waals surface area contributed by atoms with Crippen molar-refractivity contribution >= 4 is 27.5 Å². The van der Waals surface area contributed by atoms with Crippen molar-refractivity contribution in [3.63, 3.8) is 0 Å². The largest absolute Gasteiger partial charge is 0.495 e. The lowest BCUT2D eigenvalue weighted by atomic mass is 10.1. The molecule has 0 aliphatic rings. The van der Waals surface area contributed by atoms with Gasteiger partial charge in [0.2, 0.25) is 11.8 Å². The summed E-state index contributed by atoms with van der Waals surface area (Å²) in [6, 6.07) is 20.2. The maximum Gasteiger partial charge on any atom is 0.264 e. The van der Waals surface area contributed by atoms with E-state index >= 15 is 0 Å². The number of hydrogen-bond acceptors (Lipinski definition) is 5. The molecule has 3 aromatic rings. The van der Waals surface area contributed by atoms with Gasteiger partial charge in [-0.3, -0.25) is 13.9 Å². The minimum atomic E-state index is -4.20. The van der Waals surface area contributed by atoms with Crippen LogP contribution >= 0.6 is 0 Å². The summed E-state index contributed by atoms with van der Waals surface area (Å²) in [6.07, 6.45) is 0.346. The van der Waals surface area contributed by atoms with E-state index in [1.54, 1.807) is 24.3 Å². The van der Waals surface area contributed by atoms with E-state index in [2.05, 4.69) is 5.32 Å². The second kappa shape index (κ2) is 13.2. The van der Waals surface area contributed by atoms with Gasteiger partial charge in [-0.2, -0.15) is 0 Å². The molecule has 0 heterocycles. The predicted octanol–water partition coefficient (Wildman–Crippen LogP) is 5.23. The van der Waals surface area contributed by atoms with Gasteiger partial charge in [-0.1, -0.05) is 61.0 Å². The lowest BCUT2D eigenvalue weighted by molar-refractivity contribution is -0.141. The zero-order valence-corrected chi connectivity index (χ0v) is 25.8. The second-order valence-corrected chi connectivity index (χ2v) is 13.0. The number of methoxy groups -OCH3 is 1. The molecule has 0 radical (unpaired) electrons. The molecule has 8 nitrogen and oxygen atoms in total. The number of amides is 2. The van der Waals surface area contributed by atoms with E-state index in [0.29, 0.717) is 12.2 Å². The predicted molar refractivity (Wildman–Crippen MR) is 162 cm³/mol. The summed E-state index contributed by atoms with van der Waals surface area (Å²) in [6.45, 7) is 10.8. The Bertz CT molecular complexity index is 1450. The average Bonchev–Trinajstić information content (AvgIpc) is 2.91. The molecule has 0 aromatic heterocycles. The van der Waals surface area contributed by atoms with Crippen LogP contribution in [0.3, 0.4) is 0 Å². The number of rotatable bonds is 11. The molecule has 0 aliphatic heterocycles. The number of hydrogen-bond donors (Lipinski definition) is 1. The van der Waals surface area contributed by atoms with E-state index in [4.69, 9.17) is 4.74 Å². The zero-order valence-electron chi connectivity index (χ0n) is 25.0. The van der Waals surface area contributed by atoms with E-state index in [1.807, 2.05) is 77.9 Å². The molecule has 0 saturated heterocycles. The molecular formula is C32H41N3O5S. The fourth-order valence-electron chi connectivity index (χ4n) is 4.50. The Morgan fingerprint density at radius 2 is 1.54 bits per heavy atom. The summed E-state index contributed by atoms with van der Waals surface area (Å²) >= 11 is 0. The lowest BCUT2D eigenvalue weighted by Gasteiger charge is -2.35. The van der Waals surface area contributed by atoms with Crippen molar-refractivity contribution in [3.8, 4) is 5.75 Å². The standard InChI is InChI=1S/C32H41N3O5S/c1-8-27(31(37)33-32(4,5)6)34(21-25-12-10-9-11-13-25)30(36)22-35(28-20-24(3)16-19-29(28)40-7)41(38,39)26-17-14-23(2)15-18-26/h9-20,27H,8,21-22H2,1-7H3,(H,33,37). The van der Waals surface area contributed by atoms with Crippen LogP contribution in [0.4, 0.5) is 5.69 Å². The van der Waals surface area contributed by atoms with Crippen molar-refractivity contribution in [2.45, 2.75) is 71.0 Å². The first kappa shape index (κ1) is 31.7. The Morgan fingerprint density at radius 1 is 0.927 bits per heavy atom. The number of carbonyl (C=O) groups excluding carboxylic acids is 2. The van der Waals surface area contributed by atoms with E-state index in [1.165, 1.54) is 24.1 Å². The molecule has 220 valence electrons.